The molecule has 0 saturated heterocycles. The van der Waals surface area contributed by atoms with Gasteiger partial charge in [0.25, 0.3) is 0 Å². The minimum Gasteiger partial charge on any atom is -0.496 e. The predicted octanol–water partition coefficient (Wildman–Crippen LogP) is 2.88. The zero-order chi connectivity index (χ0) is 17.4. The second-order valence-corrected chi connectivity index (χ2v) is 5.73. The molecule has 0 aromatic heterocycles. The summed E-state index contributed by atoms with van der Waals surface area (Å²) < 4.78 is 5.31. The second-order valence-electron chi connectivity index (χ2n) is 5.73. The van der Waals surface area contributed by atoms with E-state index in [0.29, 0.717) is 19.5 Å². The first-order valence-electron chi connectivity index (χ1n) is 8.00. The van der Waals surface area contributed by atoms with Crippen LogP contribution in [0.4, 0.5) is 11.4 Å². The maximum Gasteiger partial charge on any atom is 0.225 e. The maximum absolute atomic E-state index is 12.0. The van der Waals surface area contributed by atoms with Gasteiger partial charge >= 0.3 is 0 Å². The predicted molar refractivity (Wildman–Crippen MR) is 98.7 cm³/mol. The van der Waals surface area contributed by atoms with Crippen molar-refractivity contribution in [3.8, 4) is 5.75 Å². The van der Waals surface area contributed by atoms with Gasteiger partial charge in [-0.05, 0) is 30.3 Å². The number of nitrogens with one attached hydrogen (secondary N) is 2. The van der Waals surface area contributed by atoms with Gasteiger partial charge in [-0.15, -0.1) is 0 Å². The van der Waals surface area contributed by atoms with E-state index in [9.17, 15) is 4.79 Å². The van der Waals surface area contributed by atoms with Crippen LogP contribution in [0.3, 0.4) is 0 Å². The summed E-state index contributed by atoms with van der Waals surface area (Å²) in [6.45, 7) is 1.29. The fraction of sp³-hybridized carbons (Fsp3) is 0.316. The van der Waals surface area contributed by atoms with Gasteiger partial charge in [-0.1, -0.05) is 18.2 Å². The number of carbonyl (C=O) groups excluding carboxylic acids is 1. The highest BCUT2D eigenvalue weighted by atomic mass is 16.5. The van der Waals surface area contributed by atoms with Crippen LogP contribution in [0, 0.1) is 0 Å². The molecule has 0 atom stereocenters. The van der Waals surface area contributed by atoms with Crippen LogP contribution in [0.1, 0.15) is 12.0 Å². The zero-order valence-electron chi connectivity index (χ0n) is 14.5. The summed E-state index contributed by atoms with van der Waals surface area (Å²) in [6.07, 6.45) is 0.421. The SMILES string of the molecule is COc1ccccc1CNCCC(=O)Nc1ccc(N(C)C)cc1. The third-order valence-corrected chi connectivity index (χ3v) is 3.70. The van der Waals surface area contributed by atoms with Crippen LogP contribution in [-0.2, 0) is 11.3 Å². The molecule has 0 unspecified atom stereocenters. The fourth-order valence-corrected chi connectivity index (χ4v) is 2.34. The monoisotopic (exact) mass is 327 g/mol. The van der Waals surface area contributed by atoms with E-state index in [1.165, 1.54) is 0 Å². The van der Waals surface area contributed by atoms with E-state index >= 15 is 0 Å². The fourth-order valence-electron chi connectivity index (χ4n) is 2.34. The first-order valence-corrected chi connectivity index (χ1v) is 8.00. The van der Waals surface area contributed by atoms with Gasteiger partial charge in [0.1, 0.15) is 5.75 Å². The number of carbonyl (C=O) groups is 1. The Morgan fingerprint density at radius 1 is 1.08 bits per heavy atom. The lowest BCUT2D eigenvalue weighted by Crippen LogP contribution is -2.21. The first-order chi connectivity index (χ1) is 11.6. The number of anilines is 2. The molecule has 24 heavy (non-hydrogen) atoms. The average Bonchev–Trinajstić information content (AvgIpc) is 2.59. The minimum absolute atomic E-state index is 0.000120. The van der Waals surface area contributed by atoms with E-state index in [4.69, 9.17) is 4.74 Å². The number of hydrogen-bond acceptors (Lipinski definition) is 4. The highest BCUT2D eigenvalue weighted by molar-refractivity contribution is 5.91. The smallest absolute Gasteiger partial charge is 0.225 e. The van der Waals surface area contributed by atoms with Gasteiger partial charge in [-0.3, -0.25) is 4.79 Å². The molecular formula is C19H25N3O2. The third-order valence-electron chi connectivity index (χ3n) is 3.70. The molecular weight excluding hydrogens is 302 g/mol. The van der Waals surface area contributed by atoms with E-state index in [1.807, 2.05) is 67.5 Å². The number of methoxy groups -OCH3 is 1. The van der Waals surface area contributed by atoms with Crippen molar-refractivity contribution >= 4 is 17.3 Å². The van der Waals surface area contributed by atoms with Crippen LogP contribution in [0.15, 0.2) is 48.5 Å². The summed E-state index contributed by atoms with van der Waals surface area (Å²) in [4.78, 5) is 14.0. The van der Waals surface area contributed by atoms with E-state index in [0.717, 1.165) is 22.7 Å². The molecule has 0 aliphatic carbocycles. The molecule has 2 aromatic carbocycles. The Balaban J connectivity index is 1.73. The van der Waals surface area contributed by atoms with Gasteiger partial charge in [0.05, 0.1) is 7.11 Å². The number of para-hydroxylation sites is 1. The summed E-state index contributed by atoms with van der Waals surface area (Å²) in [5, 5.41) is 6.18. The van der Waals surface area contributed by atoms with Crippen LogP contribution < -0.4 is 20.3 Å². The Morgan fingerprint density at radius 2 is 1.79 bits per heavy atom. The molecule has 0 saturated carbocycles. The van der Waals surface area contributed by atoms with Crippen molar-refractivity contribution in [2.45, 2.75) is 13.0 Å². The van der Waals surface area contributed by atoms with Crippen molar-refractivity contribution in [1.82, 2.24) is 5.32 Å². The van der Waals surface area contributed by atoms with Gasteiger partial charge in [0.15, 0.2) is 0 Å². The lowest BCUT2D eigenvalue weighted by atomic mass is 10.2. The Labute approximate surface area is 143 Å². The van der Waals surface area contributed by atoms with E-state index in [-0.39, 0.29) is 5.91 Å². The zero-order valence-corrected chi connectivity index (χ0v) is 14.5. The molecule has 0 spiro atoms. The highest BCUT2D eigenvalue weighted by Crippen LogP contribution is 2.17. The topological polar surface area (TPSA) is 53.6 Å². The number of ether oxygens (including phenoxy) is 1. The van der Waals surface area contributed by atoms with Crippen LogP contribution in [0.5, 0.6) is 5.75 Å². The maximum atomic E-state index is 12.0. The summed E-state index contributed by atoms with van der Waals surface area (Å²) in [5.41, 5.74) is 3.00. The van der Waals surface area contributed by atoms with Gasteiger partial charge in [-0.25, -0.2) is 0 Å². The molecule has 1 amide bonds. The molecule has 128 valence electrons. The number of nitrogens with zero attached hydrogens (tertiary/aromatic N) is 1. The summed E-state index contributed by atoms with van der Waals surface area (Å²) in [7, 11) is 5.63. The van der Waals surface area contributed by atoms with Gasteiger partial charge in [0, 0.05) is 50.5 Å². The van der Waals surface area contributed by atoms with Gasteiger partial charge < -0.3 is 20.3 Å². The summed E-state index contributed by atoms with van der Waals surface area (Å²) >= 11 is 0. The third kappa shape index (κ3) is 5.28. The Morgan fingerprint density at radius 3 is 2.46 bits per heavy atom. The first kappa shape index (κ1) is 17.8. The van der Waals surface area contributed by atoms with E-state index < -0.39 is 0 Å². The van der Waals surface area contributed by atoms with Gasteiger partial charge in [-0.2, -0.15) is 0 Å². The second kappa shape index (κ2) is 8.93. The van der Waals surface area contributed by atoms with Crippen LogP contribution in [0.25, 0.3) is 0 Å². The van der Waals surface area contributed by atoms with Crippen molar-refractivity contribution in [2.24, 2.45) is 0 Å². The molecule has 2 aromatic rings. The quantitative estimate of drug-likeness (QED) is 0.732. The lowest BCUT2D eigenvalue weighted by molar-refractivity contribution is -0.116. The molecule has 0 aliphatic rings. The highest BCUT2D eigenvalue weighted by Gasteiger charge is 2.04. The van der Waals surface area contributed by atoms with Crippen molar-refractivity contribution < 1.29 is 9.53 Å². The molecule has 2 rings (SSSR count). The van der Waals surface area contributed by atoms with Crippen LogP contribution in [0.2, 0.25) is 0 Å². The largest absolute Gasteiger partial charge is 0.496 e. The summed E-state index contributed by atoms with van der Waals surface area (Å²) in [5.74, 6) is 0.857. The normalized spacial score (nSPS) is 10.3. The number of rotatable bonds is 8. The van der Waals surface area contributed by atoms with Crippen molar-refractivity contribution in [2.75, 3.05) is 38.0 Å². The standard InChI is InChI=1S/C19H25N3O2/c1-22(2)17-10-8-16(9-11-17)21-19(23)12-13-20-14-15-6-4-5-7-18(15)24-3/h4-11,20H,12-14H2,1-3H3,(H,21,23). The molecule has 2 N–H and O–H groups in total. The number of benzene rings is 2. The van der Waals surface area contributed by atoms with Crippen LogP contribution in [-0.4, -0.2) is 33.7 Å². The van der Waals surface area contributed by atoms with Crippen LogP contribution >= 0.6 is 0 Å². The molecule has 5 nitrogen and oxygen atoms in total. The molecule has 5 heteroatoms. The van der Waals surface area contributed by atoms with Crippen molar-refractivity contribution in [3.05, 3.63) is 54.1 Å². The minimum atomic E-state index is 0.000120. The van der Waals surface area contributed by atoms with E-state index in [2.05, 4.69) is 10.6 Å². The molecule has 0 bridgehead atoms. The van der Waals surface area contributed by atoms with Crippen molar-refractivity contribution in [3.63, 3.8) is 0 Å². The summed E-state index contributed by atoms with van der Waals surface area (Å²) in [6, 6.07) is 15.6. The van der Waals surface area contributed by atoms with Crippen molar-refractivity contribution in [1.29, 1.82) is 0 Å². The van der Waals surface area contributed by atoms with E-state index in [1.54, 1.807) is 7.11 Å². The Kier molecular flexibility index (Phi) is 6.63. The Bertz CT molecular complexity index is 654. The molecule has 0 fully saturated rings. The molecule has 0 heterocycles. The average molecular weight is 327 g/mol. The molecule has 0 radical (unpaired) electrons. The van der Waals surface area contributed by atoms with Gasteiger partial charge in [0.2, 0.25) is 5.91 Å². The Hall–Kier alpha value is -2.53. The number of hydrogen-bond donors (Lipinski definition) is 2. The lowest BCUT2D eigenvalue weighted by Gasteiger charge is -2.13. The molecule has 0 aliphatic heterocycles. The number of amides is 1.